The molecule has 182 valence electrons. The van der Waals surface area contributed by atoms with Gasteiger partial charge in [0.2, 0.25) is 11.9 Å². The van der Waals surface area contributed by atoms with Crippen molar-refractivity contribution in [3.8, 4) is 11.5 Å². The number of nitrogens with one attached hydrogen (secondary N) is 1. The summed E-state index contributed by atoms with van der Waals surface area (Å²) in [5.74, 6) is 1.47. The van der Waals surface area contributed by atoms with Crippen molar-refractivity contribution in [2.24, 2.45) is 7.05 Å². The quantitative estimate of drug-likeness (QED) is 0.559. The van der Waals surface area contributed by atoms with E-state index in [9.17, 15) is 13.2 Å². The Labute approximate surface area is 195 Å². The number of hydrogen-bond donors (Lipinski definition) is 1. The van der Waals surface area contributed by atoms with Crippen molar-refractivity contribution in [3.05, 3.63) is 48.5 Å². The van der Waals surface area contributed by atoms with Gasteiger partial charge >= 0.3 is 6.36 Å². The van der Waals surface area contributed by atoms with Crippen molar-refractivity contribution in [1.29, 1.82) is 0 Å². The van der Waals surface area contributed by atoms with Crippen LogP contribution in [0.1, 0.15) is 13.8 Å². The van der Waals surface area contributed by atoms with E-state index in [1.807, 2.05) is 24.3 Å². The van der Waals surface area contributed by atoms with Crippen molar-refractivity contribution in [3.63, 3.8) is 0 Å². The number of halogens is 3. The minimum absolute atomic E-state index is 0.192. The molecule has 1 aromatic heterocycles. The Hall–Kier alpha value is -3.63. The summed E-state index contributed by atoms with van der Waals surface area (Å²) >= 11 is 0. The van der Waals surface area contributed by atoms with Crippen molar-refractivity contribution < 1.29 is 22.6 Å². The lowest BCUT2D eigenvalue weighted by Gasteiger charge is -2.48. The number of methoxy groups -OCH3 is 1. The largest absolute Gasteiger partial charge is 0.573 e. The van der Waals surface area contributed by atoms with E-state index in [1.165, 1.54) is 18.2 Å². The van der Waals surface area contributed by atoms with E-state index in [4.69, 9.17) is 4.74 Å². The van der Waals surface area contributed by atoms with Gasteiger partial charge in [-0.15, -0.1) is 18.3 Å². The average Bonchev–Trinajstić information content (AvgIpc) is 3.12. The third-order valence-electron chi connectivity index (χ3n) is 5.64. The highest BCUT2D eigenvalue weighted by Gasteiger charge is 2.35. The number of rotatable bonds is 6. The first-order chi connectivity index (χ1) is 16.0. The molecule has 0 atom stereocenters. The van der Waals surface area contributed by atoms with Gasteiger partial charge in [0, 0.05) is 44.1 Å². The molecule has 11 heteroatoms. The van der Waals surface area contributed by atoms with Gasteiger partial charge in [-0.2, -0.15) is 4.98 Å². The Morgan fingerprint density at radius 1 is 1.03 bits per heavy atom. The zero-order chi connectivity index (χ0) is 24.5. The molecule has 1 fully saturated rings. The predicted octanol–water partition coefficient (Wildman–Crippen LogP) is 4.57. The fourth-order valence-electron chi connectivity index (χ4n) is 4.08. The van der Waals surface area contributed by atoms with Crippen LogP contribution < -0.4 is 24.6 Å². The lowest BCUT2D eigenvalue weighted by atomic mass is 9.98. The zero-order valence-corrected chi connectivity index (χ0v) is 19.4. The van der Waals surface area contributed by atoms with Gasteiger partial charge in [-0.3, -0.25) is 0 Å². The van der Waals surface area contributed by atoms with E-state index in [0.717, 1.165) is 18.0 Å². The van der Waals surface area contributed by atoms with Crippen LogP contribution in [0.15, 0.2) is 48.5 Å². The Morgan fingerprint density at radius 3 is 2.41 bits per heavy atom. The summed E-state index contributed by atoms with van der Waals surface area (Å²) in [6, 6.07) is 13.6. The van der Waals surface area contributed by atoms with E-state index >= 15 is 0 Å². The maximum Gasteiger partial charge on any atom is 0.573 e. The lowest BCUT2D eigenvalue weighted by molar-refractivity contribution is -0.274. The number of ether oxygens (including phenoxy) is 2. The van der Waals surface area contributed by atoms with Gasteiger partial charge in [-0.05, 0) is 50.2 Å². The molecule has 1 aliphatic rings. The molecule has 1 aliphatic heterocycles. The monoisotopic (exact) mass is 476 g/mol. The average molecular weight is 477 g/mol. The molecule has 34 heavy (non-hydrogen) atoms. The normalized spacial score (nSPS) is 15.9. The highest BCUT2D eigenvalue weighted by molar-refractivity contribution is 5.58. The third-order valence-corrected chi connectivity index (χ3v) is 5.64. The summed E-state index contributed by atoms with van der Waals surface area (Å²) in [4.78, 5) is 9.04. The molecule has 2 heterocycles. The van der Waals surface area contributed by atoms with Crippen LogP contribution in [0, 0.1) is 0 Å². The van der Waals surface area contributed by atoms with Crippen LogP contribution in [-0.2, 0) is 7.05 Å². The molecule has 4 rings (SSSR count). The van der Waals surface area contributed by atoms with Gasteiger partial charge in [-0.1, -0.05) is 6.07 Å². The molecule has 2 aromatic carbocycles. The summed E-state index contributed by atoms with van der Waals surface area (Å²) in [5.41, 5.74) is 1.33. The Balaban J connectivity index is 1.47. The van der Waals surface area contributed by atoms with Crippen molar-refractivity contribution in [1.82, 2.24) is 14.8 Å². The number of aryl methyl sites for hydroxylation is 1. The molecule has 8 nitrogen and oxygen atoms in total. The van der Waals surface area contributed by atoms with Crippen molar-refractivity contribution in [2.45, 2.75) is 25.7 Å². The van der Waals surface area contributed by atoms with E-state index in [1.54, 1.807) is 24.9 Å². The van der Waals surface area contributed by atoms with Crippen LogP contribution >= 0.6 is 0 Å². The minimum atomic E-state index is -4.75. The molecular formula is C23H27F3N6O2. The van der Waals surface area contributed by atoms with Gasteiger partial charge in [0.1, 0.15) is 11.5 Å². The molecule has 0 spiro atoms. The lowest BCUT2D eigenvalue weighted by Crippen LogP contribution is -2.60. The number of nitrogens with zero attached hydrogens (tertiary/aromatic N) is 5. The Bertz CT molecular complexity index is 1130. The molecule has 0 saturated carbocycles. The second-order valence-corrected chi connectivity index (χ2v) is 8.64. The first-order valence-corrected chi connectivity index (χ1v) is 10.7. The van der Waals surface area contributed by atoms with Gasteiger partial charge in [0.05, 0.1) is 12.6 Å². The molecule has 1 saturated heterocycles. The fourth-order valence-corrected chi connectivity index (χ4v) is 4.08. The van der Waals surface area contributed by atoms with Crippen LogP contribution in [-0.4, -0.2) is 53.4 Å². The third kappa shape index (κ3) is 5.29. The molecule has 1 N–H and O–H groups in total. The van der Waals surface area contributed by atoms with Crippen molar-refractivity contribution >= 4 is 23.3 Å². The molecular weight excluding hydrogens is 449 g/mol. The molecule has 0 bridgehead atoms. The number of aromatic nitrogens is 3. The van der Waals surface area contributed by atoms with Crippen molar-refractivity contribution in [2.75, 3.05) is 41.9 Å². The molecule has 0 amide bonds. The van der Waals surface area contributed by atoms with Crippen LogP contribution in [0.25, 0.3) is 0 Å². The minimum Gasteiger partial charge on any atom is -0.497 e. The number of piperazine rings is 1. The first kappa shape index (κ1) is 23.5. The highest BCUT2D eigenvalue weighted by atomic mass is 19.4. The summed E-state index contributed by atoms with van der Waals surface area (Å²) in [7, 11) is 3.38. The summed E-state index contributed by atoms with van der Waals surface area (Å²) in [6.45, 7) is 6.51. The maximum absolute atomic E-state index is 12.5. The zero-order valence-electron chi connectivity index (χ0n) is 19.4. The maximum atomic E-state index is 12.5. The van der Waals surface area contributed by atoms with Crippen LogP contribution in [0.2, 0.25) is 0 Å². The standard InChI is InChI=1S/C23H27F3N6O2/c1-22(2)15-31(12-13-32(22)17-8-10-18(33-4)11-9-17)21-28-20(30(3)29-21)27-16-6-5-7-19(14-16)34-23(24,25)26/h5-11,14H,12-13,15H2,1-4H3,(H,27,28,29). The Kier molecular flexibility index (Phi) is 6.20. The van der Waals surface area contributed by atoms with E-state index in [2.05, 4.69) is 43.8 Å². The summed E-state index contributed by atoms with van der Waals surface area (Å²) in [6.07, 6.45) is -4.75. The van der Waals surface area contributed by atoms with E-state index in [0.29, 0.717) is 30.7 Å². The molecule has 0 aliphatic carbocycles. The van der Waals surface area contributed by atoms with E-state index in [-0.39, 0.29) is 11.3 Å². The van der Waals surface area contributed by atoms with Crippen LogP contribution in [0.4, 0.5) is 36.4 Å². The van der Waals surface area contributed by atoms with Gasteiger partial charge < -0.3 is 24.6 Å². The second kappa shape index (κ2) is 8.96. The molecule has 0 radical (unpaired) electrons. The van der Waals surface area contributed by atoms with E-state index < -0.39 is 6.36 Å². The van der Waals surface area contributed by atoms with Crippen LogP contribution in [0.3, 0.4) is 0 Å². The smallest absolute Gasteiger partial charge is 0.497 e. The second-order valence-electron chi connectivity index (χ2n) is 8.64. The predicted molar refractivity (Wildman–Crippen MR) is 124 cm³/mol. The molecule has 3 aromatic rings. The number of hydrogen-bond acceptors (Lipinski definition) is 7. The number of benzene rings is 2. The number of alkyl halides is 3. The highest BCUT2D eigenvalue weighted by Crippen LogP contribution is 2.31. The summed E-state index contributed by atoms with van der Waals surface area (Å²) in [5, 5.41) is 7.54. The van der Waals surface area contributed by atoms with Gasteiger partial charge in [0.25, 0.3) is 0 Å². The fraction of sp³-hybridized carbons (Fsp3) is 0.391. The van der Waals surface area contributed by atoms with Crippen LogP contribution in [0.5, 0.6) is 11.5 Å². The first-order valence-electron chi connectivity index (χ1n) is 10.7. The Morgan fingerprint density at radius 2 is 1.76 bits per heavy atom. The summed E-state index contributed by atoms with van der Waals surface area (Å²) < 4.78 is 48.4. The number of anilines is 4. The van der Waals surface area contributed by atoms with Gasteiger partial charge in [-0.25, -0.2) is 4.68 Å². The topological polar surface area (TPSA) is 67.7 Å². The SMILES string of the molecule is COc1ccc(N2CCN(c3nc(Nc4cccc(OC(F)(F)F)c4)n(C)n3)CC2(C)C)cc1. The van der Waals surface area contributed by atoms with Gasteiger partial charge in [0.15, 0.2) is 0 Å². The molecule has 0 unspecified atom stereocenters.